The van der Waals surface area contributed by atoms with E-state index < -0.39 is 6.16 Å². The minimum Gasteiger partial charge on any atom is -0.448 e. The fourth-order valence-corrected chi connectivity index (χ4v) is 0. The van der Waals surface area contributed by atoms with Crippen molar-refractivity contribution in [2.75, 3.05) is 0 Å². The van der Waals surface area contributed by atoms with Crippen molar-refractivity contribution in [3.8, 4) is 0 Å². The van der Waals surface area contributed by atoms with E-state index in [0.29, 0.717) is 0 Å². The van der Waals surface area contributed by atoms with Crippen LogP contribution in [0.25, 0.3) is 0 Å². The fourth-order valence-electron chi connectivity index (χ4n) is 0. The molecule has 0 aliphatic rings. The van der Waals surface area contributed by atoms with Gasteiger partial charge in [-0.25, -0.2) is 4.79 Å². The molecule has 50 valence electrons. The van der Waals surface area contributed by atoms with Crippen molar-refractivity contribution in [1.29, 1.82) is 0 Å². The quantitative estimate of drug-likeness (QED) is 0.266. The molecule has 0 radical (unpaired) electrons. The molecular weight excluding hydrogens is 186 g/mol. The molecule has 0 fully saturated rings. The molecule has 0 atom stereocenters. The van der Waals surface area contributed by atoms with Crippen molar-refractivity contribution >= 4 is 46.6 Å². The van der Waals surface area contributed by atoms with Crippen molar-refractivity contribution in [2.45, 2.75) is 0 Å². The van der Waals surface area contributed by atoms with Crippen LogP contribution in [0, 0.1) is 0 Å². The SMILES string of the molecule is O=C(O)OO.[AlH3].[MgH2].[Ni]. The van der Waals surface area contributed by atoms with Crippen LogP contribution in [0.2, 0.25) is 0 Å². The van der Waals surface area contributed by atoms with E-state index >= 15 is 0 Å². The van der Waals surface area contributed by atoms with E-state index in [0.717, 1.165) is 0 Å². The molecule has 0 saturated carbocycles. The summed E-state index contributed by atoms with van der Waals surface area (Å²) < 4.78 is 0. The van der Waals surface area contributed by atoms with Gasteiger partial charge in [0.1, 0.15) is 0 Å². The van der Waals surface area contributed by atoms with E-state index in [2.05, 4.69) is 4.89 Å². The Kier molecular flexibility index (Phi) is 45.1. The molecule has 2 N–H and O–H groups in total. The summed E-state index contributed by atoms with van der Waals surface area (Å²) in [4.78, 5) is 11.6. The number of rotatable bonds is 0. The average Bonchev–Trinajstić information content (AvgIpc) is 1.38. The van der Waals surface area contributed by atoms with Crippen LogP contribution in [0.1, 0.15) is 0 Å². The summed E-state index contributed by atoms with van der Waals surface area (Å²) in [5.74, 6) is 0. The Balaban J connectivity index is -0.0000000267. The van der Waals surface area contributed by atoms with Gasteiger partial charge in [-0.1, -0.05) is 0 Å². The normalized spacial score (nSPS) is 4.12. The first-order valence-corrected chi connectivity index (χ1v) is 0.814. The van der Waals surface area contributed by atoms with E-state index in [1.807, 2.05) is 0 Å². The summed E-state index contributed by atoms with van der Waals surface area (Å²) in [5, 5.41) is 14.3. The van der Waals surface area contributed by atoms with E-state index in [4.69, 9.17) is 15.2 Å². The molecule has 8 heavy (non-hydrogen) atoms. The van der Waals surface area contributed by atoms with E-state index in [1.165, 1.54) is 0 Å². The molecule has 0 aromatic carbocycles. The average molecular weight is 193 g/mol. The maximum atomic E-state index is 8.90. The summed E-state index contributed by atoms with van der Waals surface area (Å²) in [6, 6.07) is 0. The Labute approximate surface area is 82.7 Å². The van der Waals surface area contributed by atoms with Crippen LogP contribution in [-0.2, 0) is 21.4 Å². The Morgan fingerprint density at radius 3 is 1.62 bits per heavy atom. The molecule has 7 heteroatoms. The second kappa shape index (κ2) is 15.7. The third-order valence-electron chi connectivity index (χ3n) is 0.0781. The van der Waals surface area contributed by atoms with Crippen molar-refractivity contribution in [3.05, 3.63) is 0 Å². The smallest absolute Gasteiger partial charge is 0.448 e. The first-order chi connectivity index (χ1) is 2.27. The first-order valence-electron chi connectivity index (χ1n) is 0.814. The summed E-state index contributed by atoms with van der Waals surface area (Å²) >= 11 is 0. The molecule has 0 spiro atoms. The fraction of sp³-hybridized carbons (Fsp3) is 0. The van der Waals surface area contributed by atoms with Gasteiger partial charge in [0.15, 0.2) is 17.4 Å². The predicted molar refractivity (Wildman–Crippen MR) is 30.2 cm³/mol. The van der Waals surface area contributed by atoms with Crippen molar-refractivity contribution in [1.82, 2.24) is 0 Å². The molecule has 0 aromatic heterocycles. The van der Waals surface area contributed by atoms with Gasteiger partial charge in [-0.2, -0.15) is 5.26 Å². The number of carboxylic acid groups (broad SMARTS) is 1. The molecule has 0 saturated heterocycles. The van der Waals surface area contributed by atoms with Crippen LogP contribution in [0.3, 0.4) is 0 Å². The van der Waals surface area contributed by atoms with Crippen molar-refractivity contribution in [3.63, 3.8) is 0 Å². The molecule has 0 aromatic rings. The van der Waals surface area contributed by atoms with Crippen molar-refractivity contribution in [2.24, 2.45) is 0 Å². The van der Waals surface area contributed by atoms with E-state index in [-0.39, 0.29) is 56.9 Å². The van der Waals surface area contributed by atoms with Gasteiger partial charge in [0.25, 0.3) is 0 Å². The molecular formula is CH7AlMgNiO4. The maximum Gasteiger partial charge on any atom is 0.537 e. The molecule has 0 rings (SSSR count). The predicted octanol–water partition coefficient (Wildman–Crippen LogP) is -1.95. The van der Waals surface area contributed by atoms with Gasteiger partial charge >= 0.3 is 29.2 Å². The van der Waals surface area contributed by atoms with E-state index in [1.54, 1.807) is 0 Å². The molecule has 4 nitrogen and oxygen atoms in total. The summed E-state index contributed by atoms with van der Waals surface area (Å²) in [7, 11) is 0. The van der Waals surface area contributed by atoms with Crippen LogP contribution in [0.15, 0.2) is 0 Å². The Morgan fingerprint density at radius 2 is 1.62 bits per heavy atom. The van der Waals surface area contributed by atoms with Gasteiger partial charge in [0, 0.05) is 16.5 Å². The topological polar surface area (TPSA) is 66.8 Å². The third-order valence-corrected chi connectivity index (χ3v) is 0.0781. The second-order valence-corrected chi connectivity index (χ2v) is 0.357. The van der Waals surface area contributed by atoms with Gasteiger partial charge in [0.05, 0.1) is 0 Å². The zero-order valence-electron chi connectivity index (χ0n) is 2.53. The van der Waals surface area contributed by atoms with Gasteiger partial charge in [-0.05, 0) is 0 Å². The minimum atomic E-state index is -1.69. The summed E-state index contributed by atoms with van der Waals surface area (Å²) in [5.41, 5.74) is 0. The number of hydrogen-bond donors (Lipinski definition) is 2. The van der Waals surface area contributed by atoms with Crippen LogP contribution in [-0.4, -0.2) is 56.9 Å². The Bertz CT molecular complexity index is 51.3. The second-order valence-electron chi connectivity index (χ2n) is 0.357. The zero-order chi connectivity index (χ0) is 4.28. The molecule has 0 amide bonds. The largest absolute Gasteiger partial charge is 0.537 e. The first kappa shape index (κ1) is 23.0. The van der Waals surface area contributed by atoms with Gasteiger partial charge in [0.2, 0.25) is 0 Å². The maximum absolute atomic E-state index is 8.90. The van der Waals surface area contributed by atoms with Crippen LogP contribution in [0.4, 0.5) is 4.79 Å². The standard InChI is InChI=1S/CH2O4.Al.Mg.Ni.5H/c2-1(3)5-4;;;;;;;;/h4H,(H,2,3);;;;;;;;. The van der Waals surface area contributed by atoms with E-state index in [9.17, 15) is 0 Å². The number of carbonyl (C=O) groups is 1. The van der Waals surface area contributed by atoms with Gasteiger partial charge in [-0.3, -0.25) is 4.89 Å². The van der Waals surface area contributed by atoms with Crippen LogP contribution in [0.5, 0.6) is 0 Å². The molecule has 0 aliphatic heterocycles. The van der Waals surface area contributed by atoms with Crippen LogP contribution < -0.4 is 0 Å². The third kappa shape index (κ3) is 27.9. The summed E-state index contributed by atoms with van der Waals surface area (Å²) in [6.45, 7) is 0. The summed E-state index contributed by atoms with van der Waals surface area (Å²) in [6.07, 6.45) is -1.69. The molecule has 0 heterocycles. The zero-order valence-corrected chi connectivity index (χ0v) is 3.51. The molecule has 0 unspecified atom stereocenters. The molecule has 0 aliphatic carbocycles. The minimum absolute atomic E-state index is 0. The van der Waals surface area contributed by atoms with Gasteiger partial charge < -0.3 is 5.11 Å². The van der Waals surface area contributed by atoms with Crippen LogP contribution >= 0.6 is 0 Å². The van der Waals surface area contributed by atoms with Gasteiger partial charge in [-0.15, -0.1) is 0 Å². The Morgan fingerprint density at radius 1 is 1.50 bits per heavy atom. The van der Waals surface area contributed by atoms with Crippen molar-refractivity contribution < 1.29 is 36.5 Å². The molecule has 0 bridgehead atoms. The monoisotopic (exact) mass is 192 g/mol. The Hall–Kier alpha value is 1.02. The number of hydrogen-bond acceptors (Lipinski definition) is 3.